The van der Waals surface area contributed by atoms with E-state index in [0.29, 0.717) is 5.25 Å². The van der Waals surface area contributed by atoms with E-state index >= 15 is 0 Å². The van der Waals surface area contributed by atoms with Crippen molar-refractivity contribution in [2.24, 2.45) is 0 Å². The van der Waals surface area contributed by atoms with Gasteiger partial charge in [-0.15, -0.1) is 6.58 Å². The molecule has 1 heterocycles. The summed E-state index contributed by atoms with van der Waals surface area (Å²) in [5, 5.41) is 12.2. The lowest BCUT2D eigenvalue weighted by Crippen LogP contribution is -2.29. The molecule has 0 aromatic carbocycles. The molecule has 0 saturated carbocycles. The molecule has 0 bridgehead atoms. The van der Waals surface area contributed by atoms with Crippen molar-refractivity contribution in [2.45, 2.75) is 30.6 Å². The maximum atomic E-state index is 10.6. The molecule has 0 aliphatic carbocycles. The van der Waals surface area contributed by atoms with E-state index in [9.17, 15) is 4.79 Å². The third kappa shape index (κ3) is 3.72. The fraction of sp³-hybridized carbons (Fsp3) is 0.700. The summed E-state index contributed by atoms with van der Waals surface area (Å²) in [5.41, 5.74) is 0. The highest BCUT2D eigenvalue weighted by Crippen LogP contribution is 2.22. The molecule has 1 saturated heterocycles. The molecule has 2 N–H and O–H groups in total. The van der Waals surface area contributed by atoms with Gasteiger partial charge in [-0.25, -0.2) is 0 Å². The summed E-state index contributed by atoms with van der Waals surface area (Å²) in [6.45, 7) is 4.50. The largest absolute Gasteiger partial charge is 0.480 e. The average molecular weight is 215 g/mol. The number of carbonyl (C=O) groups is 1. The van der Waals surface area contributed by atoms with E-state index in [4.69, 9.17) is 5.11 Å². The number of hydrogen-bond acceptors (Lipinski definition) is 3. The quantitative estimate of drug-likeness (QED) is 0.521. The molecule has 2 atom stereocenters. The van der Waals surface area contributed by atoms with Crippen LogP contribution in [0.2, 0.25) is 0 Å². The van der Waals surface area contributed by atoms with E-state index in [1.165, 1.54) is 0 Å². The van der Waals surface area contributed by atoms with E-state index in [-0.39, 0.29) is 6.04 Å². The van der Waals surface area contributed by atoms with E-state index in [0.717, 1.165) is 31.6 Å². The number of rotatable bonds is 6. The average Bonchev–Trinajstić information content (AvgIpc) is 2.61. The molecule has 4 heteroatoms. The molecule has 0 amide bonds. The molecular formula is C10H17NO2S. The van der Waals surface area contributed by atoms with Gasteiger partial charge < -0.3 is 10.4 Å². The SMILES string of the molecule is C=CCCCS[C@@H]1CN[C@H](C(=O)O)C1. The number of aliphatic carboxylic acids is 1. The van der Waals surface area contributed by atoms with Gasteiger partial charge in [-0.1, -0.05) is 6.08 Å². The van der Waals surface area contributed by atoms with Crippen LogP contribution in [0, 0.1) is 0 Å². The Morgan fingerprint density at radius 3 is 3.07 bits per heavy atom. The Labute approximate surface area is 89.0 Å². The fourth-order valence-corrected chi connectivity index (χ4v) is 2.71. The summed E-state index contributed by atoms with van der Waals surface area (Å²) in [7, 11) is 0. The first-order chi connectivity index (χ1) is 6.74. The minimum atomic E-state index is -0.723. The topological polar surface area (TPSA) is 49.3 Å². The van der Waals surface area contributed by atoms with Gasteiger partial charge >= 0.3 is 5.97 Å². The summed E-state index contributed by atoms with van der Waals surface area (Å²) in [6.07, 6.45) is 4.87. The van der Waals surface area contributed by atoms with E-state index in [1.807, 2.05) is 17.8 Å². The molecule has 3 nitrogen and oxygen atoms in total. The predicted molar refractivity (Wildman–Crippen MR) is 59.7 cm³/mol. The highest BCUT2D eigenvalue weighted by molar-refractivity contribution is 7.99. The number of thioether (sulfide) groups is 1. The van der Waals surface area contributed by atoms with Crippen molar-refractivity contribution in [1.29, 1.82) is 0 Å². The third-order valence-electron chi connectivity index (χ3n) is 2.29. The Balaban J connectivity index is 2.10. The summed E-state index contributed by atoms with van der Waals surface area (Å²) in [5.74, 6) is 0.379. The fourth-order valence-electron chi connectivity index (χ4n) is 1.50. The van der Waals surface area contributed by atoms with Crippen LogP contribution in [0.4, 0.5) is 0 Å². The zero-order valence-electron chi connectivity index (χ0n) is 8.24. The standard InChI is InChI=1S/C10H17NO2S/c1-2-3-4-5-14-8-6-9(10(12)13)11-7-8/h2,8-9,11H,1,3-7H2,(H,12,13)/t8-,9-/m0/s1. The minimum Gasteiger partial charge on any atom is -0.480 e. The molecule has 0 aromatic heterocycles. The normalized spacial score (nSPS) is 26.3. The molecule has 14 heavy (non-hydrogen) atoms. The lowest BCUT2D eigenvalue weighted by molar-refractivity contribution is -0.139. The number of nitrogens with one attached hydrogen (secondary N) is 1. The second-order valence-electron chi connectivity index (χ2n) is 3.46. The van der Waals surface area contributed by atoms with Crippen LogP contribution < -0.4 is 5.32 Å². The Morgan fingerprint density at radius 1 is 1.71 bits per heavy atom. The summed E-state index contributed by atoms with van der Waals surface area (Å²) < 4.78 is 0. The van der Waals surface area contributed by atoms with Crippen molar-refractivity contribution < 1.29 is 9.90 Å². The highest BCUT2D eigenvalue weighted by atomic mass is 32.2. The number of unbranched alkanes of at least 4 members (excludes halogenated alkanes) is 1. The first-order valence-electron chi connectivity index (χ1n) is 4.92. The lowest BCUT2D eigenvalue weighted by atomic mass is 10.2. The van der Waals surface area contributed by atoms with Gasteiger partial charge in [0.2, 0.25) is 0 Å². The van der Waals surface area contributed by atoms with Gasteiger partial charge in [-0.05, 0) is 25.0 Å². The molecule has 1 aliphatic heterocycles. The Morgan fingerprint density at radius 2 is 2.50 bits per heavy atom. The molecule has 80 valence electrons. The number of carboxylic acids is 1. The lowest BCUT2D eigenvalue weighted by Gasteiger charge is -2.06. The highest BCUT2D eigenvalue weighted by Gasteiger charge is 2.28. The first-order valence-corrected chi connectivity index (χ1v) is 5.97. The van der Waals surface area contributed by atoms with Gasteiger partial charge in [-0.2, -0.15) is 11.8 Å². The summed E-state index contributed by atoms with van der Waals surface area (Å²) in [6, 6.07) is -0.327. The second-order valence-corrected chi connectivity index (χ2v) is 4.87. The van der Waals surface area contributed by atoms with Crippen LogP contribution in [0.1, 0.15) is 19.3 Å². The van der Waals surface area contributed by atoms with Gasteiger partial charge in [0.15, 0.2) is 0 Å². The molecule has 1 rings (SSSR count). The van der Waals surface area contributed by atoms with Crippen LogP contribution in [0.5, 0.6) is 0 Å². The maximum absolute atomic E-state index is 10.6. The van der Waals surface area contributed by atoms with Crippen LogP contribution in [0.3, 0.4) is 0 Å². The minimum absolute atomic E-state index is 0.327. The Kier molecular flexibility index (Phi) is 5.04. The zero-order chi connectivity index (χ0) is 10.4. The zero-order valence-corrected chi connectivity index (χ0v) is 9.05. The summed E-state index contributed by atoms with van der Waals surface area (Å²) in [4.78, 5) is 10.6. The van der Waals surface area contributed by atoms with Crippen LogP contribution >= 0.6 is 11.8 Å². The van der Waals surface area contributed by atoms with Crippen molar-refractivity contribution in [3.05, 3.63) is 12.7 Å². The van der Waals surface area contributed by atoms with Crippen molar-refractivity contribution in [1.82, 2.24) is 5.32 Å². The van der Waals surface area contributed by atoms with Crippen molar-refractivity contribution >= 4 is 17.7 Å². The molecular weight excluding hydrogens is 198 g/mol. The monoisotopic (exact) mass is 215 g/mol. The van der Waals surface area contributed by atoms with Crippen LogP contribution in [-0.2, 0) is 4.79 Å². The van der Waals surface area contributed by atoms with E-state index in [2.05, 4.69) is 11.9 Å². The van der Waals surface area contributed by atoms with Crippen LogP contribution in [0.25, 0.3) is 0 Å². The second kappa shape index (κ2) is 6.09. The molecule has 0 aromatic rings. The van der Waals surface area contributed by atoms with Gasteiger partial charge in [0.1, 0.15) is 6.04 Å². The summed E-state index contributed by atoms with van der Waals surface area (Å²) >= 11 is 1.87. The Bertz CT molecular complexity index is 208. The van der Waals surface area contributed by atoms with Crippen molar-refractivity contribution in [3.63, 3.8) is 0 Å². The van der Waals surface area contributed by atoms with Gasteiger partial charge in [0.05, 0.1) is 0 Å². The van der Waals surface area contributed by atoms with Crippen molar-refractivity contribution in [2.75, 3.05) is 12.3 Å². The van der Waals surface area contributed by atoms with E-state index < -0.39 is 5.97 Å². The molecule has 0 unspecified atom stereocenters. The number of allylic oxidation sites excluding steroid dienone is 1. The maximum Gasteiger partial charge on any atom is 0.320 e. The number of carboxylic acid groups (broad SMARTS) is 1. The molecule has 0 spiro atoms. The number of hydrogen-bond donors (Lipinski definition) is 2. The smallest absolute Gasteiger partial charge is 0.320 e. The third-order valence-corrected chi connectivity index (χ3v) is 3.65. The van der Waals surface area contributed by atoms with Crippen LogP contribution in [-0.4, -0.2) is 34.7 Å². The molecule has 1 fully saturated rings. The predicted octanol–water partition coefficient (Wildman–Crippen LogP) is 1.50. The van der Waals surface area contributed by atoms with Crippen molar-refractivity contribution in [3.8, 4) is 0 Å². The Hall–Kier alpha value is -0.480. The van der Waals surface area contributed by atoms with Crippen LogP contribution in [0.15, 0.2) is 12.7 Å². The van der Waals surface area contributed by atoms with Gasteiger partial charge in [-0.3, -0.25) is 4.79 Å². The molecule has 1 aliphatic rings. The first kappa shape index (κ1) is 11.6. The van der Waals surface area contributed by atoms with E-state index in [1.54, 1.807) is 0 Å². The van der Waals surface area contributed by atoms with Gasteiger partial charge in [0, 0.05) is 11.8 Å². The molecule has 0 radical (unpaired) electrons. The van der Waals surface area contributed by atoms with Gasteiger partial charge in [0.25, 0.3) is 0 Å².